The predicted octanol–water partition coefficient (Wildman–Crippen LogP) is 4.21. The molecule has 0 spiro atoms. The predicted molar refractivity (Wildman–Crippen MR) is 91.7 cm³/mol. The number of halogens is 2. The van der Waals surface area contributed by atoms with Crippen LogP contribution in [-0.4, -0.2) is 18.5 Å². The van der Waals surface area contributed by atoms with Gasteiger partial charge < -0.3 is 10.1 Å². The highest BCUT2D eigenvalue weighted by Gasteiger charge is 2.20. The van der Waals surface area contributed by atoms with Gasteiger partial charge in [0, 0.05) is 4.88 Å². The zero-order valence-corrected chi connectivity index (χ0v) is 14.8. The monoisotopic (exact) mass is 369 g/mol. The van der Waals surface area contributed by atoms with Crippen molar-refractivity contribution in [1.29, 1.82) is 0 Å². The summed E-state index contributed by atoms with van der Waals surface area (Å²) in [4.78, 5) is 25.0. The lowest BCUT2D eigenvalue weighted by Gasteiger charge is -2.21. The van der Waals surface area contributed by atoms with Crippen LogP contribution in [0.2, 0.25) is 5.02 Å². The molecular weight excluding hydrogens is 353 g/mol. The molecule has 0 saturated heterocycles. The molecule has 0 saturated carbocycles. The number of esters is 1. The lowest BCUT2D eigenvalue weighted by Crippen LogP contribution is -2.34. The molecule has 2 rings (SSSR count). The number of carbonyl (C=O) groups is 2. The van der Waals surface area contributed by atoms with Gasteiger partial charge in [-0.15, -0.1) is 11.3 Å². The molecule has 1 N–H and O–H groups in total. The van der Waals surface area contributed by atoms with E-state index in [0.29, 0.717) is 0 Å². The highest BCUT2D eigenvalue weighted by molar-refractivity contribution is 7.10. The molecule has 7 heteroatoms. The molecule has 0 aliphatic heterocycles. The van der Waals surface area contributed by atoms with Crippen LogP contribution < -0.4 is 5.32 Å². The van der Waals surface area contributed by atoms with E-state index in [-0.39, 0.29) is 22.5 Å². The quantitative estimate of drug-likeness (QED) is 0.776. The van der Waals surface area contributed by atoms with Crippen LogP contribution in [0.1, 0.15) is 35.1 Å². The highest BCUT2D eigenvalue weighted by atomic mass is 35.5. The molecule has 0 aliphatic rings. The summed E-state index contributed by atoms with van der Waals surface area (Å²) in [7, 11) is 0. The molecule has 2 aromatic rings. The number of thiophene rings is 1. The molecule has 128 valence electrons. The first kappa shape index (κ1) is 18.4. The van der Waals surface area contributed by atoms with Crippen LogP contribution in [-0.2, 0) is 9.53 Å². The van der Waals surface area contributed by atoms with Crippen molar-refractivity contribution in [2.24, 2.45) is 5.92 Å². The van der Waals surface area contributed by atoms with Gasteiger partial charge in [0.05, 0.1) is 16.6 Å². The third-order valence-corrected chi connectivity index (χ3v) is 4.59. The zero-order chi connectivity index (χ0) is 17.7. The number of benzene rings is 1. The number of hydrogen-bond donors (Lipinski definition) is 1. The lowest BCUT2D eigenvalue weighted by atomic mass is 10.0. The third-order valence-electron chi connectivity index (χ3n) is 3.32. The average Bonchev–Trinajstić information content (AvgIpc) is 3.04. The van der Waals surface area contributed by atoms with Crippen molar-refractivity contribution >= 4 is 34.8 Å². The van der Waals surface area contributed by atoms with Crippen molar-refractivity contribution in [2.75, 3.05) is 6.61 Å². The van der Waals surface area contributed by atoms with Gasteiger partial charge in [-0.2, -0.15) is 0 Å². The minimum atomic E-state index is -0.771. The van der Waals surface area contributed by atoms with E-state index in [2.05, 4.69) is 5.32 Å². The van der Waals surface area contributed by atoms with E-state index in [4.69, 9.17) is 16.3 Å². The highest BCUT2D eigenvalue weighted by Crippen LogP contribution is 2.25. The number of nitrogens with one attached hydrogen (secondary N) is 1. The van der Waals surface area contributed by atoms with Crippen LogP contribution >= 0.6 is 22.9 Å². The molecular formula is C17H17ClFNO3S. The molecule has 0 aliphatic carbocycles. The Morgan fingerprint density at radius 1 is 1.33 bits per heavy atom. The van der Waals surface area contributed by atoms with Crippen molar-refractivity contribution in [2.45, 2.75) is 19.9 Å². The number of ether oxygens (including phenoxy) is 1. The van der Waals surface area contributed by atoms with Gasteiger partial charge in [-0.3, -0.25) is 4.79 Å². The molecule has 0 fully saturated rings. The van der Waals surface area contributed by atoms with Crippen LogP contribution in [0.3, 0.4) is 0 Å². The van der Waals surface area contributed by atoms with E-state index in [0.717, 1.165) is 17.0 Å². The molecule has 1 amide bonds. The van der Waals surface area contributed by atoms with E-state index < -0.39 is 24.3 Å². The summed E-state index contributed by atoms with van der Waals surface area (Å²) in [6, 6.07) is 7.06. The van der Waals surface area contributed by atoms with Crippen molar-refractivity contribution in [3.63, 3.8) is 0 Å². The first-order chi connectivity index (χ1) is 11.4. The van der Waals surface area contributed by atoms with E-state index in [1.807, 2.05) is 31.4 Å². The van der Waals surface area contributed by atoms with Crippen LogP contribution in [0.4, 0.5) is 4.39 Å². The molecule has 4 nitrogen and oxygen atoms in total. The van der Waals surface area contributed by atoms with Crippen LogP contribution in [0, 0.1) is 11.7 Å². The molecule has 1 heterocycles. The number of amides is 1. The smallest absolute Gasteiger partial charge is 0.340 e. The minimum Gasteiger partial charge on any atom is -0.452 e. The standard InChI is InChI=1S/C17H17ClFNO3S/c1-10(2)16(14-4-3-7-24-14)20-15(21)9-23-17(22)12-6-5-11(19)8-13(12)18/h3-8,10,16H,9H2,1-2H3,(H,20,21)/t16-/m1/s1. The van der Waals surface area contributed by atoms with Crippen LogP contribution in [0.15, 0.2) is 35.7 Å². The molecule has 0 bridgehead atoms. The van der Waals surface area contributed by atoms with Gasteiger partial charge in [-0.1, -0.05) is 31.5 Å². The van der Waals surface area contributed by atoms with E-state index in [1.54, 1.807) is 11.3 Å². The second-order valence-electron chi connectivity index (χ2n) is 5.50. The molecule has 1 atom stereocenters. The topological polar surface area (TPSA) is 55.4 Å². The Kier molecular flexibility index (Phi) is 6.34. The van der Waals surface area contributed by atoms with Gasteiger partial charge in [0.15, 0.2) is 6.61 Å². The van der Waals surface area contributed by atoms with Gasteiger partial charge in [0.2, 0.25) is 0 Å². The SMILES string of the molecule is CC(C)[C@@H](NC(=O)COC(=O)c1ccc(F)cc1Cl)c1cccs1. The second-order valence-corrected chi connectivity index (χ2v) is 6.89. The minimum absolute atomic E-state index is 0.0181. The largest absolute Gasteiger partial charge is 0.452 e. The molecule has 0 radical (unpaired) electrons. The molecule has 24 heavy (non-hydrogen) atoms. The van der Waals surface area contributed by atoms with Gasteiger partial charge >= 0.3 is 5.97 Å². The van der Waals surface area contributed by atoms with Crippen molar-refractivity contribution in [3.8, 4) is 0 Å². The van der Waals surface area contributed by atoms with E-state index >= 15 is 0 Å². The van der Waals surface area contributed by atoms with Crippen LogP contribution in [0.5, 0.6) is 0 Å². The van der Waals surface area contributed by atoms with Crippen molar-refractivity contribution in [3.05, 3.63) is 57.0 Å². The first-order valence-corrected chi connectivity index (χ1v) is 8.59. The maximum atomic E-state index is 13.0. The van der Waals surface area contributed by atoms with Gasteiger partial charge in [0.25, 0.3) is 5.91 Å². The summed E-state index contributed by atoms with van der Waals surface area (Å²) in [6.07, 6.45) is 0. The Labute approximate surface area is 148 Å². The summed E-state index contributed by atoms with van der Waals surface area (Å²) in [6.45, 7) is 3.56. The number of carbonyl (C=O) groups excluding carboxylic acids is 2. The summed E-state index contributed by atoms with van der Waals surface area (Å²) >= 11 is 7.34. The van der Waals surface area contributed by atoms with Crippen LogP contribution in [0.25, 0.3) is 0 Å². The van der Waals surface area contributed by atoms with Crippen molar-refractivity contribution < 1.29 is 18.7 Å². The number of hydrogen-bond acceptors (Lipinski definition) is 4. The zero-order valence-electron chi connectivity index (χ0n) is 13.2. The number of rotatable bonds is 6. The molecule has 1 aromatic heterocycles. The van der Waals surface area contributed by atoms with Gasteiger partial charge in [-0.05, 0) is 35.6 Å². The molecule has 0 unspecified atom stereocenters. The fourth-order valence-electron chi connectivity index (χ4n) is 2.11. The molecule has 1 aromatic carbocycles. The summed E-state index contributed by atoms with van der Waals surface area (Å²) < 4.78 is 17.9. The Bertz CT molecular complexity index is 719. The lowest BCUT2D eigenvalue weighted by molar-refractivity contribution is -0.125. The maximum Gasteiger partial charge on any atom is 0.340 e. The van der Waals surface area contributed by atoms with E-state index in [1.165, 1.54) is 6.07 Å². The fourth-order valence-corrected chi connectivity index (χ4v) is 3.31. The van der Waals surface area contributed by atoms with Gasteiger partial charge in [0.1, 0.15) is 5.82 Å². The Balaban J connectivity index is 1.93. The Morgan fingerprint density at radius 2 is 2.08 bits per heavy atom. The van der Waals surface area contributed by atoms with E-state index in [9.17, 15) is 14.0 Å². The normalized spacial score (nSPS) is 12.0. The van der Waals surface area contributed by atoms with Gasteiger partial charge in [-0.25, -0.2) is 9.18 Å². The Hall–Kier alpha value is -1.92. The third kappa shape index (κ3) is 4.79. The maximum absolute atomic E-state index is 13.0. The van der Waals surface area contributed by atoms with Crippen molar-refractivity contribution in [1.82, 2.24) is 5.32 Å². The summed E-state index contributed by atoms with van der Waals surface area (Å²) in [5.74, 6) is -1.54. The summed E-state index contributed by atoms with van der Waals surface area (Å²) in [5, 5.41) is 4.73. The fraction of sp³-hybridized carbons (Fsp3) is 0.294. The Morgan fingerprint density at radius 3 is 2.67 bits per heavy atom. The first-order valence-electron chi connectivity index (χ1n) is 7.33. The summed E-state index contributed by atoms with van der Waals surface area (Å²) in [5.41, 5.74) is 0.0181. The second kappa shape index (κ2) is 8.26. The average molecular weight is 370 g/mol.